The molecule has 0 radical (unpaired) electrons. The van der Waals surface area contributed by atoms with Gasteiger partial charge in [0.15, 0.2) is 0 Å². The molecular formula is C14H20N2O2. The summed E-state index contributed by atoms with van der Waals surface area (Å²) in [6.07, 6.45) is 3.72. The molecule has 98 valence electrons. The van der Waals surface area contributed by atoms with E-state index in [0.29, 0.717) is 12.1 Å². The highest BCUT2D eigenvalue weighted by molar-refractivity contribution is 5.79. The fraction of sp³-hybridized carbons (Fsp3) is 0.500. The first-order chi connectivity index (χ1) is 8.65. The van der Waals surface area contributed by atoms with Crippen molar-refractivity contribution < 1.29 is 9.90 Å². The van der Waals surface area contributed by atoms with Crippen molar-refractivity contribution >= 4 is 11.6 Å². The highest BCUT2D eigenvalue weighted by Gasteiger charge is 2.24. The SMILES string of the molecule is Nc1ccc(CC(=O)NC2CCCCC2O)cc1. The molecule has 0 saturated heterocycles. The number of rotatable bonds is 3. The predicted molar refractivity (Wildman–Crippen MR) is 71.0 cm³/mol. The molecule has 4 nitrogen and oxygen atoms in total. The minimum Gasteiger partial charge on any atom is -0.399 e. The maximum absolute atomic E-state index is 11.9. The van der Waals surface area contributed by atoms with E-state index in [9.17, 15) is 9.90 Å². The van der Waals surface area contributed by atoms with Gasteiger partial charge >= 0.3 is 0 Å². The van der Waals surface area contributed by atoms with Gasteiger partial charge in [-0.2, -0.15) is 0 Å². The van der Waals surface area contributed by atoms with Crippen LogP contribution < -0.4 is 11.1 Å². The van der Waals surface area contributed by atoms with E-state index in [1.54, 1.807) is 12.1 Å². The molecule has 1 amide bonds. The van der Waals surface area contributed by atoms with Crippen LogP contribution in [0.15, 0.2) is 24.3 Å². The molecule has 2 unspecified atom stereocenters. The molecule has 1 aliphatic carbocycles. The van der Waals surface area contributed by atoms with Crippen LogP contribution >= 0.6 is 0 Å². The number of carbonyl (C=O) groups is 1. The van der Waals surface area contributed by atoms with E-state index in [0.717, 1.165) is 31.2 Å². The predicted octanol–water partition coefficient (Wildman–Crippen LogP) is 1.23. The van der Waals surface area contributed by atoms with Gasteiger partial charge in [0, 0.05) is 5.69 Å². The van der Waals surface area contributed by atoms with Crippen molar-refractivity contribution in [3.63, 3.8) is 0 Å². The zero-order valence-electron chi connectivity index (χ0n) is 10.4. The lowest BCUT2D eigenvalue weighted by Crippen LogP contribution is -2.45. The van der Waals surface area contributed by atoms with Crippen LogP contribution in [0, 0.1) is 0 Å². The molecule has 1 aliphatic rings. The van der Waals surface area contributed by atoms with Gasteiger partial charge in [0.25, 0.3) is 0 Å². The van der Waals surface area contributed by atoms with E-state index in [1.165, 1.54) is 0 Å². The minimum atomic E-state index is -0.394. The van der Waals surface area contributed by atoms with E-state index < -0.39 is 6.10 Å². The lowest BCUT2D eigenvalue weighted by molar-refractivity contribution is -0.122. The lowest BCUT2D eigenvalue weighted by Gasteiger charge is -2.28. The number of carbonyl (C=O) groups excluding carboxylic acids is 1. The van der Waals surface area contributed by atoms with Crippen molar-refractivity contribution in [2.24, 2.45) is 0 Å². The van der Waals surface area contributed by atoms with Gasteiger partial charge in [-0.05, 0) is 30.5 Å². The number of benzene rings is 1. The second kappa shape index (κ2) is 5.87. The van der Waals surface area contributed by atoms with Gasteiger partial charge < -0.3 is 16.2 Å². The highest BCUT2D eigenvalue weighted by Crippen LogP contribution is 2.18. The monoisotopic (exact) mass is 248 g/mol. The van der Waals surface area contributed by atoms with E-state index in [2.05, 4.69) is 5.32 Å². The van der Waals surface area contributed by atoms with Crippen molar-refractivity contribution in [3.05, 3.63) is 29.8 Å². The van der Waals surface area contributed by atoms with E-state index in [4.69, 9.17) is 5.73 Å². The molecular weight excluding hydrogens is 228 g/mol. The van der Waals surface area contributed by atoms with Gasteiger partial charge in [-0.25, -0.2) is 0 Å². The Balaban J connectivity index is 1.86. The molecule has 4 heteroatoms. The van der Waals surface area contributed by atoms with Gasteiger partial charge in [-0.3, -0.25) is 4.79 Å². The van der Waals surface area contributed by atoms with E-state index in [1.807, 2.05) is 12.1 Å². The van der Waals surface area contributed by atoms with Crippen molar-refractivity contribution in [1.29, 1.82) is 0 Å². The van der Waals surface area contributed by atoms with E-state index >= 15 is 0 Å². The number of anilines is 1. The molecule has 2 rings (SSSR count). The Morgan fingerprint density at radius 3 is 2.61 bits per heavy atom. The van der Waals surface area contributed by atoms with Crippen LogP contribution in [0.5, 0.6) is 0 Å². The Kier molecular flexibility index (Phi) is 4.20. The molecule has 0 bridgehead atoms. The third-order valence-electron chi connectivity index (χ3n) is 3.42. The molecule has 18 heavy (non-hydrogen) atoms. The van der Waals surface area contributed by atoms with Crippen LogP contribution in [0.25, 0.3) is 0 Å². The van der Waals surface area contributed by atoms with Crippen LogP contribution in [0.4, 0.5) is 5.69 Å². The Labute approximate surface area is 107 Å². The summed E-state index contributed by atoms with van der Waals surface area (Å²) in [5.41, 5.74) is 7.22. The summed E-state index contributed by atoms with van der Waals surface area (Å²) in [6.45, 7) is 0. The maximum atomic E-state index is 11.9. The summed E-state index contributed by atoms with van der Waals surface area (Å²) in [5.74, 6) is -0.0364. The molecule has 0 aromatic heterocycles. The summed E-state index contributed by atoms with van der Waals surface area (Å²) in [6, 6.07) is 7.20. The topological polar surface area (TPSA) is 75.4 Å². The zero-order valence-corrected chi connectivity index (χ0v) is 10.4. The average molecular weight is 248 g/mol. The Hall–Kier alpha value is -1.55. The first-order valence-electron chi connectivity index (χ1n) is 6.47. The smallest absolute Gasteiger partial charge is 0.224 e. The van der Waals surface area contributed by atoms with Crippen molar-refractivity contribution in [1.82, 2.24) is 5.32 Å². The van der Waals surface area contributed by atoms with Gasteiger partial charge in [0.2, 0.25) is 5.91 Å². The third-order valence-corrected chi connectivity index (χ3v) is 3.42. The molecule has 0 heterocycles. The first kappa shape index (κ1) is 12.9. The van der Waals surface area contributed by atoms with Crippen LogP contribution in [0.3, 0.4) is 0 Å². The quantitative estimate of drug-likeness (QED) is 0.704. The van der Waals surface area contributed by atoms with Gasteiger partial charge in [0.1, 0.15) is 0 Å². The minimum absolute atomic E-state index is 0.0364. The summed E-state index contributed by atoms with van der Waals surface area (Å²) in [4.78, 5) is 11.9. The standard InChI is InChI=1S/C14H20N2O2/c15-11-7-5-10(6-8-11)9-14(18)16-12-3-1-2-4-13(12)17/h5-8,12-13,17H,1-4,9,15H2,(H,16,18). The number of nitrogens with two attached hydrogens (primary N) is 1. The van der Waals surface area contributed by atoms with Gasteiger partial charge in [-0.1, -0.05) is 25.0 Å². The molecule has 0 spiro atoms. The Morgan fingerprint density at radius 1 is 1.28 bits per heavy atom. The molecule has 0 aliphatic heterocycles. The summed E-state index contributed by atoms with van der Waals surface area (Å²) < 4.78 is 0. The molecule has 1 aromatic carbocycles. The molecule has 4 N–H and O–H groups in total. The number of amides is 1. The Bertz CT molecular complexity index is 403. The van der Waals surface area contributed by atoms with Crippen molar-refractivity contribution in [3.8, 4) is 0 Å². The first-order valence-corrected chi connectivity index (χ1v) is 6.47. The van der Waals surface area contributed by atoms with E-state index in [-0.39, 0.29) is 11.9 Å². The molecule has 2 atom stereocenters. The van der Waals surface area contributed by atoms with Crippen molar-refractivity contribution in [2.75, 3.05) is 5.73 Å². The maximum Gasteiger partial charge on any atom is 0.224 e. The summed E-state index contributed by atoms with van der Waals surface area (Å²) in [5, 5.41) is 12.7. The fourth-order valence-corrected chi connectivity index (χ4v) is 2.36. The van der Waals surface area contributed by atoms with Crippen LogP contribution in [0.1, 0.15) is 31.2 Å². The third kappa shape index (κ3) is 3.47. The lowest BCUT2D eigenvalue weighted by atomic mass is 9.92. The number of nitrogens with one attached hydrogen (secondary N) is 1. The number of nitrogen functional groups attached to an aromatic ring is 1. The summed E-state index contributed by atoms with van der Waals surface area (Å²) in [7, 11) is 0. The summed E-state index contributed by atoms with van der Waals surface area (Å²) >= 11 is 0. The van der Waals surface area contributed by atoms with Gasteiger partial charge in [-0.15, -0.1) is 0 Å². The second-order valence-corrected chi connectivity index (χ2v) is 4.94. The largest absolute Gasteiger partial charge is 0.399 e. The number of hydrogen-bond acceptors (Lipinski definition) is 3. The number of aliphatic hydroxyl groups is 1. The van der Waals surface area contributed by atoms with Crippen LogP contribution in [-0.2, 0) is 11.2 Å². The second-order valence-electron chi connectivity index (χ2n) is 4.94. The fourth-order valence-electron chi connectivity index (χ4n) is 2.36. The average Bonchev–Trinajstić information content (AvgIpc) is 2.35. The molecule has 1 saturated carbocycles. The number of hydrogen-bond donors (Lipinski definition) is 3. The van der Waals surface area contributed by atoms with Crippen LogP contribution in [-0.4, -0.2) is 23.2 Å². The van der Waals surface area contributed by atoms with Crippen molar-refractivity contribution in [2.45, 2.75) is 44.2 Å². The number of aliphatic hydroxyl groups excluding tert-OH is 1. The van der Waals surface area contributed by atoms with Gasteiger partial charge in [0.05, 0.1) is 18.6 Å². The highest BCUT2D eigenvalue weighted by atomic mass is 16.3. The Morgan fingerprint density at radius 2 is 1.94 bits per heavy atom. The molecule has 1 aromatic rings. The molecule has 1 fully saturated rings. The normalized spacial score (nSPS) is 23.6. The zero-order chi connectivity index (χ0) is 13.0. The van der Waals surface area contributed by atoms with Crippen LogP contribution in [0.2, 0.25) is 0 Å².